The minimum absolute atomic E-state index is 0.0540. The van der Waals surface area contributed by atoms with Crippen molar-refractivity contribution in [1.82, 2.24) is 0 Å². The molecule has 4 atom stereocenters. The van der Waals surface area contributed by atoms with Crippen molar-refractivity contribution in [3.8, 4) is 0 Å². The van der Waals surface area contributed by atoms with Gasteiger partial charge in [-0.25, -0.2) is 0 Å². The van der Waals surface area contributed by atoms with Gasteiger partial charge >= 0.3 is 0 Å². The van der Waals surface area contributed by atoms with E-state index in [4.69, 9.17) is 10.8 Å². The lowest BCUT2D eigenvalue weighted by Crippen LogP contribution is -2.47. The molecule has 0 aromatic heterocycles. The highest BCUT2D eigenvalue weighted by Crippen LogP contribution is 2.23. The summed E-state index contributed by atoms with van der Waals surface area (Å²) >= 11 is 0. The molecule has 1 fully saturated rings. The molecule has 66 valence electrons. The van der Waals surface area contributed by atoms with E-state index in [0.29, 0.717) is 6.42 Å². The van der Waals surface area contributed by atoms with Gasteiger partial charge in [0.05, 0.1) is 12.2 Å². The molecule has 1 saturated carbocycles. The van der Waals surface area contributed by atoms with Crippen LogP contribution in [-0.4, -0.2) is 40.2 Å². The number of aliphatic hydroxyl groups excluding tert-OH is 3. The predicted molar refractivity (Wildman–Crippen MR) is 39.8 cm³/mol. The van der Waals surface area contributed by atoms with E-state index < -0.39 is 12.2 Å². The summed E-state index contributed by atoms with van der Waals surface area (Å²) in [7, 11) is 0. The quantitative estimate of drug-likeness (QED) is 0.374. The first-order valence-electron chi connectivity index (χ1n) is 3.87. The number of nitrogens with two attached hydrogens (primary N) is 1. The normalized spacial score (nSPS) is 45.8. The van der Waals surface area contributed by atoms with Crippen LogP contribution >= 0.6 is 0 Å². The molecule has 0 radical (unpaired) electrons. The molecule has 0 unspecified atom stereocenters. The number of rotatable bonds is 1. The first-order chi connectivity index (χ1) is 5.15. The SMILES string of the molecule is N[C@H]1C[C@H](CO)[C@@H](O)C[C@H]1O. The summed E-state index contributed by atoms with van der Waals surface area (Å²) < 4.78 is 0. The maximum absolute atomic E-state index is 9.28. The maximum atomic E-state index is 9.28. The highest BCUT2D eigenvalue weighted by Gasteiger charge is 2.32. The number of hydrogen-bond acceptors (Lipinski definition) is 4. The van der Waals surface area contributed by atoms with Crippen LogP contribution in [0.3, 0.4) is 0 Å². The molecular formula is C7H15NO3. The van der Waals surface area contributed by atoms with Gasteiger partial charge in [0.15, 0.2) is 0 Å². The maximum Gasteiger partial charge on any atom is 0.0715 e. The van der Waals surface area contributed by atoms with E-state index in [0.717, 1.165) is 0 Å². The average Bonchev–Trinajstić information content (AvgIpc) is 1.97. The molecule has 4 nitrogen and oxygen atoms in total. The summed E-state index contributed by atoms with van der Waals surface area (Å²) in [5.41, 5.74) is 5.53. The van der Waals surface area contributed by atoms with Gasteiger partial charge in [-0.1, -0.05) is 0 Å². The summed E-state index contributed by atoms with van der Waals surface area (Å²) in [4.78, 5) is 0. The van der Waals surface area contributed by atoms with Gasteiger partial charge in [0, 0.05) is 25.0 Å². The van der Waals surface area contributed by atoms with Crippen LogP contribution in [0, 0.1) is 5.92 Å². The lowest BCUT2D eigenvalue weighted by atomic mass is 9.82. The van der Waals surface area contributed by atoms with Gasteiger partial charge in [-0.2, -0.15) is 0 Å². The number of hydrogen-bond donors (Lipinski definition) is 4. The lowest BCUT2D eigenvalue weighted by Gasteiger charge is -2.33. The van der Waals surface area contributed by atoms with Crippen molar-refractivity contribution < 1.29 is 15.3 Å². The molecule has 1 rings (SSSR count). The van der Waals surface area contributed by atoms with Crippen molar-refractivity contribution in [2.75, 3.05) is 6.61 Å². The van der Waals surface area contributed by atoms with Crippen LogP contribution in [0.4, 0.5) is 0 Å². The monoisotopic (exact) mass is 161 g/mol. The molecule has 11 heavy (non-hydrogen) atoms. The Morgan fingerprint density at radius 2 is 1.82 bits per heavy atom. The summed E-state index contributed by atoms with van der Waals surface area (Å²) in [5.74, 6) is -0.159. The van der Waals surface area contributed by atoms with Gasteiger partial charge in [-0.05, 0) is 6.42 Å². The van der Waals surface area contributed by atoms with Crippen LogP contribution < -0.4 is 5.73 Å². The smallest absolute Gasteiger partial charge is 0.0715 e. The topological polar surface area (TPSA) is 86.7 Å². The summed E-state index contributed by atoms with van der Waals surface area (Å²) in [5, 5.41) is 27.2. The Balaban J connectivity index is 2.48. The fourth-order valence-electron chi connectivity index (χ4n) is 1.47. The van der Waals surface area contributed by atoms with Gasteiger partial charge in [0.2, 0.25) is 0 Å². The molecule has 0 spiro atoms. The Labute approximate surface area is 65.6 Å². The molecule has 0 aliphatic heterocycles. The molecule has 0 aromatic carbocycles. The highest BCUT2D eigenvalue weighted by atomic mass is 16.3. The minimum atomic E-state index is -0.618. The molecule has 0 heterocycles. The minimum Gasteiger partial charge on any atom is -0.396 e. The summed E-state index contributed by atoms with van der Waals surface area (Å²) in [6, 6.07) is -0.296. The van der Waals surface area contributed by atoms with Crippen molar-refractivity contribution in [1.29, 1.82) is 0 Å². The van der Waals surface area contributed by atoms with Crippen molar-refractivity contribution in [2.24, 2.45) is 11.7 Å². The Hall–Kier alpha value is -0.160. The van der Waals surface area contributed by atoms with Crippen LogP contribution in [0.15, 0.2) is 0 Å². The highest BCUT2D eigenvalue weighted by molar-refractivity contribution is 4.87. The first-order valence-corrected chi connectivity index (χ1v) is 3.87. The fourth-order valence-corrected chi connectivity index (χ4v) is 1.47. The third kappa shape index (κ3) is 1.90. The predicted octanol–water partition coefficient (Wildman–Crippen LogP) is -1.56. The molecular weight excluding hydrogens is 146 g/mol. The Morgan fingerprint density at radius 1 is 1.18 bits per heavy atom. The zero-order valence-electron chi connectivity index (χ0n) is 6.35. The largest absolute Gasteiger partial charge is 0.396 e. The van der Waals surface area contributed by atoms with Gasteiger partial charge in [-0.3, -0.25) is 0 Å². The van der Waals surface area contributed by atoms with E-state index in [9.17, 15) is 10.2 Å². The second-order valence-electron chi connectivity index (χ2n) is 3.21. The van der Waals surface area contributed by atoms with Gasteiger partial charge < -0.3 is 21.1 Å². The Morgan fingerprint density at radius 3 is 2.36 bits per heavy atom. The molecule has 0 bridgehead atoms. The third-order valence-electron chi connectivity index (χ3n) is 2.33. The molecule has 5 N–H and O–H groups in total. The van der Waals surface area contributed by atoms with Gasteiger partial charge in [0.25, 0.3) is 0 Å². The molecule has 1 aliphatic carbocycles. The van der Waals surface area contributed by atoms with Crippen LogP contribution in [0.5, 0.6) is 0 Å². The second kappa shape index (κ2) is 3.49. The van der Waals surface area contributed by atoms with Crippen molar-refractivity contribution >= 4 is 0 Å². The van der Waals surface area contributed by atoms with E-state index >= 15 is 0 Å². The van der Waals surface area contributed by atoms with E-state index in [1.165, 1.54) is 0 Å². The van der Waals surface area contributed by atoms with Crippen molar-refractivity contribution in [3.63, 3.8) is 0 Å². The first kappa shape index (κ1) is 8.93. The van der Waals surface area contributed by atoms with Crippen LogP contribution in [0.25, 0.3) is 0 Å². The zero-order valence-corrected chi connectivity index (χ0v) is 6.35. The van der Waals surface area contributed by atoms with Crippen LogP contribution in [0.1, 0.15) is 12.8 Å². The average molecular weight is 161 g/mol. The summed E-state index contributed by atoms with van der Waals surface area (Å²) in [6.45, 7) is -0.0540. The second-order valence-corrected chi connectivity index (χ2v) is 3.21. The molecule has 0 aromatic rings. The van der Waals surface area contributed by atoms with E-state index in [2.05, 4.69) is 0 Å². The van der Waals surface area contributed by atoms with Gasteiger partial charge in [0.1, 0.15) is 0 Å². The molecule has 1 aliphatic rings. The number of aliphatic hydroxyl groups is 3. The molecule has 0 saturated heterocycles. The van der Waals surface area contributed by atoms with Crippen molar-refractivity contribution in [3.05, 3.63) is 0 Å². The lowest BCUT2D eigenvalue weighted by molar-refractivity contribution is -0.0279. The third-order valence-corrected chi connectivity index (χ3v) is 2.33. The zero-order chi connectivity index (χ0) is 8.43. The van der Waals surface area contributed by atoms with Crippen LogP contribution in [0.2, 0.25) is 0 Å². The Bertz CT molecular complexity index is 131. The Kier molecular flexibility index (Phi) is 2.84. The van der Waals surface area contributed by atoms with E-state index in [-0.39, 0.29) is 25.0 Å². The standard InChI is InChI=1S/C7H15NO3/c8-5-1-4(3-9)6(10)2-7(5)11/h4-7,9-11H,1-3,8H2/t4-,5+,6+,7-/m1/s1. The molecule has 0 amide bonds. The van der Waals surface area contributed by atoms with Crippen molar-refractivity contribution in [2.45, 2.75) is 31.1 Å². The van der Waals surface area contributed by atoms with Crippen LogP contribution in [-0.2, 0) is 0 Å². The van der Waals surface area contributed by atoms with Gasteiger partial charge in [-0.15, -0.1) is 0 Å². The van der Waals surface area contributed by atoms with E-state index in [1.807, 2.05) is 0 Å². The summed E-state index contributed by atoms with van der Waals surface area (Å²) in [6.07, 6.45) is -0.437. The van der Waals surface area contributed by atoms with E-state index in [1.54, 1.807) is 0 Å². The molecule has 4 heteroatoms. The fraction of sp³-hybridized carbons (Fsp3) is 1.00.